The molecule has 0 saturated carbocycles. The number of fused-ring (bicyclic) bond motifs is 1. The molecule has 1 aliphatic heterocycles. The Labute approximate surface area is 135 Å². The van der Waals surface area contributed by atoms with E-state index in [-0.39, 0.29) is 11.7 Å². The summed E-state index contributed by atoms with van der Waals surface area (Å²) in [7, 11) is 1.62. The van der Waals surface area contributed by atoms with Gasteiger partial charge in [0, 0.05) is 13.1 Å². The van der Waals surface area contributed by atoms with Crippen molar-refractivity contribution in [1.29, 1.82) is 0 Å². The van der Waals surface area contributed by atoms with Gasteiger partial charge in [0.15, 0.2) is 0 Å². The second-order valence-corrected chi connectivity index (χ2v) is 5.98. The Morgan fingerprint density at radius 2 is 1.95 bits per heavy atom. The SMILES string of the molecule is COc1ccc(CN2Cc3ccc(F)c(I)c3C2=O)cc1. The van der Waals surface area contributed by atoms with E-state index in [2.05, 4.69) is 0 Å². The van der Waals surface area contributed by atoms with Gasteiger partial charge >= 0.3 is 0 Å². The molecule has 1 heterocycles. The van der Waals surface area contributed by atoms with Crippen molar-refractivity contribution >= 4 is 28.5 Å². The summed E-state index contributed by atoms with van der Waals surface area (Å²) in [6.45, 7) is 1.03. The van der Waals surface area contributed by atoms with Crippen LogP contribution in [0.3, 0.4) is 0 Å². The van der Waals surface area contributed by atoms with Crippen LogP contribution in [0, 0.1) is 9.39 Å². The highest BCUT2D eigenvalue weighted by Gasteiger charge is 2.30. The van der Waals surface area contributed by atoms with Crippen LogP contribution in [0.2, 0.25) is 0 Å². The molecule has 2 aromatic carbocycles. The van der Waals surface area contributed by atoms with Crippen molar-refractivity contribution in [2.24, 2.45) is 0 Å². The average molecular weight is 397 g/mol. The standard InChI is InChI=1S/C16H13FINO2/c1-21-12-5-2-10(3-6-12)8-19-9-11-4-7-13(17)15(18)14(11)16(19)20/h2-7H,8-9H2,1H3. The smallest absolute Gasteiger partial charge is 0.255 e. The van der Waals surface area contributed by atoms with Gasteiger partial charge in [-0.2, -0.15) is 0 Å². The van der Waals surface area contributed by atoms with Crippen molar-refractivity contribution in [2.75, 3.05) is 7.11 Å². The number of ether oxygens (including phenoxy) is 1. The third-order valence-corrected chi connectivity index (χ3v) is 4.63. The molecular weight excluding hydrogens is 384 g/mol. The van der Waals surface area contributed by atoms with Crippen molar-refractivity contribution in [1.82, 2.24) is 4.90 Å². The van der Waals surface area contributed by atoms with E-state index in [0.29, 0.717) is 22.2 Å². The molecule has 108 valence electrons. The third kappa shape index (κ3) is 2.62. The fourth-order valence-corrected chi connectivity index (χ4v) is 3.23. The molecular formula is C16H13FINO2. The van der Waals surface area contributed by atoms with Gasteiger partial charge in [0.25, 0.3) is 5.91 Å². The van der Waals surface area contributed by atoms with Crippen molar-refractivity contribution < 1.29 is 13.9 Å². The lowest BCUT2D eigenvalue weighted by Gasteiger charge is -2.15. The fourth-order valence-electron chi connectivity index (χ4n) is 2.47. The first-order valence-electron chi connectivity index (χ1n) is 6.49. The molecule has 0 saturated heterocycles. The quantitative estimate of drug-likeness (QED) is 0.741. The number of benzene rings is 2. The lowest BCUT2D eigenvalue weighted by Crippen LogP contribution is -2.23. The van der Waals surface area contributed by atoms with Crippen LogP contribution in [-0.2, 0) is 13.1 Å². The summed E-state index contributed by atoms with van der Waals surface area (Å²) in [6, 6.07) is 10.7. The Kier molecular flexibility index (Phi) is 3.84. The number of carbonyl (C=O) groups excluding carboxylic acids is 1. The first kappa shape index (κ1) is 14.3. The maximum atomic E-state index is 13.6. The second-order valence-electron chi connectivity index (χ2n) is 4.90. The number of amides is 1. The van der Waals surface area contributed by atoms with Crippen molar-refractivity contribution in [2.45, 2.75) is 13.1 Å². The van der Waals surface area contributed by atoms with Gasteiger partial charge in [0.05, 0.1) is 16.2 Å². The maximum Gasteiger partial charge on any atom is 0.255 e. The van der Waals surface area contributed by atoms with Crippen LogP contribution in [-0.4, -0.2) is 17.9 Å². The van der Waals surface area contributed by atoms with Crippen LogP contribution >= 0.6 is 22.6 Å². The van der Waals surface area contributed by atoms with Gasteiger partial charge in [-0.1, -0.05) is 18.2 Å². The van der Waals surface area contributed by atoms with E-state index in [4.69, 9.17) is 4.74 Å². The zero-order valence-electron chi connectivity index (χ0n) is 11.4. The van der Waals surface area contributed by atoms with E-state index in [1.807, 2.05) is 46.9 Å². The third-order valence-electron chi connectivity index (χ3n) is 3.58. The zero-order chi connectivity index (χ0) is 15.0. The summed E-state index contributed by atoms with van der Waals surface area (Å²) >= 11 is 1.90. The molecule has 3 rings (SSSR count). The summed E-state index contributed by atoms with van der Waals surface area (Å²) in [5.74, 6) is 0.338. The monoisotopic (exact) mass is 397 g/mol. The summed E-state index contributed by atoms with van der Waals surface area (Å²) < 4.78 is 19.1. The average Bonchev–Trinajstić information content (AvgIpc) is 2.81. The summed E-state index contributed by atoms with van der Waals surface area (Å²) in [6.07, 6.45) is 0. The van der Waals surface area contributed by atoms with E-state index in [1.165, 1.54) is 6.07 Å². The Morgan fingerprint density at radius 3 is 2.62 bits per heavy atom. The summed E-state index contributed by atoms with van der Waals surface area (Å²) in [4.78, 5) is 14.2. The number of rotatable bonds is 3. The molecule has 0 bridgehead atoms. The first-order chi connectivity index (χ1) is 10.1. The van der Waals surface area contributed by atoms with Gasteiger partial charge in [-0.05, 0) is 51.9 Å². The van der Waals surface area contributed by atoms with E-state index in [1.54, 1.807) is 18.1 Å². The molecule has 0 spiro atoms. The van der Waals surface area contributed by atoms with E-state index < -0.39 is 0 Å². The van der Waals surface area contributed by atoms with Gasteiger partial charge in [-0.25, -0.2) is 4.39 Å². The molecule has 0 aliphatic carbocycles. The van der Waals surface area contributed by atoms with Crippen molar-refractivity contribution in [3.8, 4) is 5.75 Å². The van der Waals surface area contributed by atoms with Crippen LogP contribution in [0.4, 0.5) is 4.39 Å². The molecule has 3 nitrogen and oxygen atoms in total. The Balaban J connectivity index is 1.83. The van der Waals surface area contributed by atoms with Crippen LogP contribution in [0.5, 0.6) is 5.75 Å². The predicted octanol–water partition coefficient (Wildman–Crippen LogP) is 3.59. The normalized spacial score (nSPS) is 13.5. The predicted molar refractivity (Wildman–Crippen MR) is 85.7 cm³/mol. The largest absolute Gasteiger partial charge is 0.497 e. The number of hydrogen-bond acceptors (Lipinski definition) is 2. The number of methoxy groups -OCH3 is 1. The van der Waals surface area contributed by atoms with E-state index in [9.17, 15) is 9.18 Å². The molecule has 2 aromatic rings. The maximum absolute atomic E-state index is 13.6. The molecule has 21 heavy (non-hydrogen) atoms. The Bertz CT molecular complexity index is 700. The Hall–Kier alpha value is -1.63. The minimum atomic E-state index is -0.339. The topological polar surface area (TPSA) is 29.5 Å². The summed E-state index contributed by atoms with van der Waals surface area (Å²) in [5.41, 5.74) is 2.41. The molecule has 0 atom stereocenters. The number of nitrogens with zero attached hydrogens (tertiary/aromatic N) is 1. The van der Waals surface area contributed by atoms with Gasteiger partial charge in [-0.3, -0.25) is 4.79 Å². The molecule has 1 aliphatic rings. The minimum absolute atomic E-state index is 0.107. The summed E-state index contributed by atoms with van der Waals surface area (Å²) in [5, 5.41) is 0. The van der Waals surface area contributed by atoms with Crippen molar-refractivity contribution in [3.05, 3.63) is 62.5 Å². The van der Waals surface area contributed by atoms with Gasteiger partial charge in [0.2, 0.25) is 0 Å². The second kappa shape index (κ2) is 5.63. The molecule has 0 aromatic heterocycles. The van der Waals surface area contributed by atoms with E-state index >= 15 is 0 Å². The van der Waals surface area contributed by atoms with Gasteiger partial charge in [0.1, 0.15) is 11.6 Å². The molecule has 0 radical (unpaired) electrons. The van der Waals surface area contributed by atoms with Crippen LogP contribution in [0.15, 0.2) is 36.4 Å². The molecule has 1 amide bonds. The lowest BCUT2D eigenvalue weighted by atomic mass is 10.1. The Morgan fingerprint density at radius 1 is 1.24 bits per heavy atom. The highest BCUT2D eigenvalue weighted by molar-refractivity contribution is 14.1. The number of halogens is 2. The molecule has 5 heteroatoms. The van der Waals surface area contributed by atoms with Crippen LogP contribution in [0.1, 0.15) is 21.5 Å². The minimum Gasteiger partial charge on any atom is -0.497 e. The van der Waals surface area contributed by atoms with Crippen molar-refractivity contribution in [3.63, 3.8) is 0 Å². The molecule has 0 unspecified atom stereocenters. The molecule has 0 N–H and O–H groups in total. The zero-order valence-corrected chi connectivity index (χ0v) is 13.6. The fraction of sp³-hybridized carbons (Fsp3) is 0.188. The number of hydrogen-bond donors (Lipinski definition) is 0. The van der Waals surface area contributed by atoms with Gasteiger partial charge < -0.3 is 9.64 Å². The highest BCUT2D eigenvalue weighted by atomic mass is 127. The lowest BCUT2D eigenvalue weighted by molar-refractivity contribution is 0.0765. The first-order valence-corrected chi connectivity index (χ1v) is 7.57. The van der Waals surface area contributed by atoms with Crippen LogP contribution < -0.4 is 4.74 Å². The number of carbonyl (C=O) groups is 1. The van der Waals surface area contributed by atoms with E-state index in [0.717, 1.165) is 16.9 Å². The molecule has 0 fully saturated rings. The van der Waals surface area contributed by atoms with Gasteiger partial charge in [-0.15, -0.1) is 0 Å². The van der Waals surface area contributed by atoms with Crippen LogP contribution in [0.25, 0.3) is 0 Å². The highest BCUT2D eigenvalue weighted by Crippen LogP contribution is 2.30.